The smallest absolute Gasteiger partial charge is 0.236 e. The van der Waals surface area contributed by atoms with Crippen molar-refractivity contribution >= 4 is 5.91 Å². The van der Waals surface area contributed by atoms with Gasteiger partial charge in [-0.05, 0) is 19.9 Å². The van der Waals surface area contributed by atoms with Gasteiger partial charge < -0.3 is 10.2 Å². The maximum Gasteiger partial charge on any atom is 0.236 e. The monoisotopic (exact) mass is 182 g/mol. The van der Waals surface area contributed by atoms with Gasteiger partial charge in [-0.2, -0.15) is 0 Å². The summed E-state index contributed by atoms with van der Waals surface area (Å²) in [5.74, 6) is 2.68. The Labute approximate surface area is 80.5 Å². The average molecular weight is 182 g/mol. The molecular formula is C10H18N2O. The van der Waals surface area contributed by atoms with E-state index in [1.54, 1.807) is 11.9 Å². The predicted octanol–water partition coefficient (Wildman–Crippen LogP) is 0.468. The highest BCUT2D eigenvalue weighted by Crippen LogP contribution is 1.84. The molecule has 1 N–H and O–H groups in total. The number of nitrogens with one attached hydrogen (secondary N) is 1. The zero-order valence-electron chi connectivity index (χ0n) is 8.47. The number of hydrogen-bond donors (Lipinski definition) is 1. The molecule has 0 fully saturated rings. The van der Waals surface area contributed by atoms with Crippen LogP contribution in [-0.4, -0.2) is 37.5 Å². The molecule has 3 heteroatoms. The van der Waals surface area contributed by atoms with Gasteiger partial charge in [-0.1, -0.05) is 0 Å². The number of nitrogens with zero attached hydrogens (tertiary/aromatic N) is 1. The van der Waals surface area contributed by atoms with Crippen LogP contribution in [0.4, 0.5) is 0 Å². The van der Waals surface area contributed by atoms with E-state index in [2.05, 4.69) is 11.2 Å². The molecular weight excluding hydrogens is 164 g/mol. The molecule has 0 aromatic rings. The highest BCUT2D eigenvalue weighted by atomic mass is 16.2. The van der Waals surface area contributed by atoms with Gasteiger partial charge in [-0.3, -0.25) is 4.79 Å². The molecule has 0 unspecified atom stereocenters. The van der Waals surface area contributed by atoms with Crippen LogP contribution in [0.5, 0.6) is 0 Å². The molecule has 0 bridgehead atoms. The van der Waals surface area contributed by atoms with Crippen molar-refractivity contribution in [3.8, 4) is 12.3 Å². The molecule has 3 nitrogen and oxygen atoms in total. The van der Waals surface area contributed by atoms with E-state index >= 15 is 0 Å². The lowest BCUT2D eigenvalue weighted by Crippen LogP contribution is -2.35. The van der Waals surface area contributed by atoms with Crippen LogP contribution in [0.3, 0.4) is 0 Å². The minimum atomic E-state index is 0.128. The molecule has 0 atom stereocenters. The highest BCUT2D eigenvalue weighted by molar-refractivity contribution is 5.77. The van der Waals surface area contributed by atoms with Crippen LogP contribution in [0, 0.1) is 12.3 Å². The lowest BCUT2D eigenvalue weighted by atomic mass is 10.3. The molecule has 0 saturated carbocycles. The van der Waals surface area contributed by atoms with Crippen molar-refractivity contribution in [3.63, 3.8) is 0 Å². The lowest BCUT2D eigenvalue weighted by molar-refractivity contribution is -0.128. The molecule has 0 heterocycles. The number of terminal acetylenes is 1. The van der Waals surface area contributed by atoms with Gasteiger partial charge in [0, 0.05) is 20.0 Å². The van der Waals surface area contributed by atoms with Gasteiger partial charge in [0.2, 0.25) is 5.91 Å². The number of carbonyl (C=O) groups is 1. The van der Waals surface area contributed by atoms with Gasteiger partial charge in [-0.15, -0.1) is 12.3 Å². The van der Waals surface area contributed by atoms with Crippen molar-refractivity contribution in [1.82, 2.24) is 10.2 Å². The van der Waals surface area contributed by atoms with Gasteiger partial charge in [0.25, 0.3) is 0 Å². The fraction of sp³-hybridized carbons (Fsp3) is 0.700. The summed E-state index contributed by atoms with van der Waals surface area (Å²) in [5.41, 5.74) is 0. The molecule has 0 aromatic carbocycles. The number of carbonyl (C=O) groups excluding carboxylic acids is 1. The first kappa shape index (κ1) is 12.0. The highest BCUT2D eigenvalue weighted by Gasteiger charge is 2.03. The number of amides is 1. The van der Waals surface area contributed by atoms with E-state index in [0.717, 1.165) is 25.9 Å². The molecule has 0 rings (SSSR count). The topological polar surface area (TPSA) is 32.3 Å². The van der Waals surface area contributed by atoms with Crippen molar-refractivity contribution in [3.05, 3.63) is 0 Å². The van der Waals surface area contributed by atoms with Crippen LogP contribution in [0.15, 0.2) is 0 Å². The molecule has 0 aliphatic heterocycles. The van der Waals surface area contributed by atoms with E-state index in [0.29, 0.717) is 6.54 Å². The average Bonchev–Trinajstić information content (AvgIpc) is 2.16. The quantitative estimate of drug-likeness (QED) is 0.478. The van der Waals surface area contributed by atoms with Gasteiger partial charge in [0.15, 0.2) is 0 Å². The van der Waals surface area contributed by atoms with E-state index < -0.39 is 0 Å². The van der Waals surface area contributed by atoms with E-state index in [4.69, 9.17) is 6.42 Å². The van der Waals surface area contributed by atoms with Crippen LogP contribution in [0.2, 0.25) is 0 Å². The van der Waals surface area contributed by atoms with Crippen molar-refractivity contribution in [2.24, 2.45) is 0 Å². The fourth-order valence-corrected chi connectivity index (χ4v) is 0.822. The summed E-state index contributed by atoms with van der Waals surface area (Å²) < 4.78 is 0. The number of rotatable bonds is 6. The van der Waals surface area contributed by atoms with Gasteiger partial charge in [-0.25, -0.2) is 0 Å². The Balaban J connectivity index is 3.33. The summed E-state index contributed by atoms with van der Waals surface area (Å²) in [4.78, 5) is 12.9. The zero-order valence-corrected chi connectivity index (χ0v) is 8.47. The molecule has 13 heavy (non-hydrogen) atoms. The van der Waals surface area contributed by atoms with Crippen molar-refractivity contribution < 1.29 is 4.79 Å². The maximum atomic E-state index is 11.2. The van der Waals surface area contributed by atoms with E-state index in [1.807, 2.05) is 6.92 Å². The Morgan fingerprint density at radius 3 is 2.85 bits per heavy atom. The summed E-state index contributed by atoms with van der Waals surface area (Å²) >= 11 is 0. The second-order valence-electron chi connectivity index (χ2n) is 2.89. The van der Waals surface area contributed by atoms with Gasteiger partial charge in [0.1, 0.15) is 0 Å². The Morgan fingerprint density at radius 2 is 2.31 bits per heavy atom. The minimum Gasteiger partial charge on any atom is -0.345 e. The molecule has 0 saturated heterocycles. The Hall–Kier alpha value is -1.01. The number of likely N-dealkylation sites (N-methyl/N-ethyl adjacent to an activating group) is 1. The summed E-state index contributed by atoms with van der Waals surface area (Å²) in [5, 5.41) is 3.05. The second kappa shape index (κ2) is 7.63. The largest absolute Gasteiger partial charge is 0.345 e. The zero-order chi connectivity index (χ0) is 10.1. The molecule has 0 aromatic heterocycles. The fourth-order valence-electron chi connectivity index (χ4n) is 0.822. The third-order valence-electron chi connectivity index (χ3n) is 1.85. The van der Waals surface area contributed by atoms with E-state index in [-0.39, 0.29) is 5.91 Å². The van der Waals surface area contributed by atoms with Crippen LogP contribution in [-0.2, 0) is 4.79 Å². The van der Waals surface area contributed by atoms with Crippen LogP contribution < -0.4 is 5.32 Å². The molecule has 0 radical (unpaired) electrons. The summed E-state index contributed by atoms with van der Waals surface area (Å²) in [6.45, 7) is 3.93. The minimum absolute atomic E-state index is 0.128. The lowest BCUT2D eigenvalue weighted by Gasteiger charge is -2.14. The SMILES string of the molecule is C#CCCCNCC(=O)N(C)CC. The number of unbranched alkanes of at least 4 members (excludes halogenated alkanes) is 1. The van der Waals surface area contributed by atoms with Crippen LogP contribution >= 0.6 is 0 Å². The third kappa shape index (κ3) is 6.18. The maximum absolute atomic E-state index is 11.2. The molecule has 0 aliphatic rings. The molecule has 0 spiro atoms. The first-order valence-corrected chi connectivity index (χ1v) is 4.60. The van der Waals surface area contributed by atoms with Crippen LogP contribution in [0.1, 0.15) is 19.8 Å². The summed E-state index contributed by atoms with van der Waals surface area (Å²) in [6, 6.07) is 0. The molecule has 1 amide bonds. The number of hydrogen-bond acceptors (Lipinski definition) is 2. The third-order valence-corrected chi connectivity index (χ3v) is 1.85. The first-order valence-electron chi connectivity index (χ1n) is 4.60. The predicted molar refractivity (Wildman–Crippen MR) is 54.2 cm³/mol. The second-order valence-corrected chi connectivity index (χ2v) is 2.89. The van der Waals surface area contributed by atoms with Crippen LogP contribution in [0.25, 0.3) is 0 Å². The van der Waals surface area contributed by atoms with Crippen molar-refractivity contribution in [2.45, 2.75) is 19.8 Å². The van der Waals surface area contributed by atoms with E-state index in [9.17, 15) is 4.79 Å². The summed E-state index contributed by atoms with van der Waals surface area (Å²) in [6.07, 6.45) is 6.79. The molecule has 74 valence electrons. The van der Waals surface area contributed by atoms with Crippen molar-refractivity contribution in [2.75, 3.05) is 26.7 Å². The Morgan fingerprint density at radius 1 is 1.62 bits per heavy atom. The Bertz CT molecular complexity index is 184. The molecule has 0 aliphatic carbocycles. The van der Waals surface area contributed by atoms with Gasteiger partial charge in [0.05, 0.1) is 6.54 Å². The first-order chi connectivity index (χ1) is 6.22. The summed E-state index contributed by atoms with van der Waals surface area (Å²) in [7, 11) is 1.80. The van der Waals surface area contributed by atoms with Crippen molar-refractivity contribution in [1.29, 1.82) is 0 Å². The van der Waals surface area contributed by atoms with Gasteiger partial charge >= 0.3 is 0 Å². The van der Waals surface area contributed by atoms with E-state index in [1.165, 1.54) is 0 Å². The standard InChI is InChI=1S/C10H18N2O/c1-4-6-7-8-11-9-10(13)12(3)5-2/h1,11H,5-9H2,2-3H3. The normalized spacial score (nSPS) is 9.31. The Kier molecular flexibility index (Phi) is 7.04.